The standard InChI is InChI=1S/C21H14O.C14H19Cl2NO2/c22-12-14-10-11-19-17-8-2-5-13-4-1-7-16(20(13)17)18-9-3-6-15(14)21(18)19;15-8-10-17(11-9-16)13-6-4-12(5-7-13)2-1-3-14(18)19/h1-11,22H,12H2;4-7H,1-3,8-11H2,(H,18,19). The molecule has 41 heavy (non-hydrogen) atoms. The molecule has 0 aliphatic carbocycles. The van der Waals surface area contributed by atoms with Crippen molar-refractivity contribution in [3.8, 4) is 0 Å². The number of anilines is 1. The van der Waals surface area contributed by atoms with E-state index in [1.807, 2.05) is 30.3 Å². The quantitative estimate of drug-likeness (QED) is 0.0959. The van der Waals surface area contributed by atoms with E-state index in [0.717, 1.165) is 41.7 Å². The molecule has 0 saturated heterocycles. The number of hydrogen-bond donors (Lipinski definition) is 2. The number of carbonyl (C=O) groups is 1. The van der Waals surface area contributed by atoms with Gasteiger partial charge in [-0.05, 0) is 79.2 Å². The van der Waals surface area contributed by atoms with Gasteiger partial charge < -0.3 is 15.1 Å². The lowest BCUT2D eigenvalue weighted by Crippen LogP contribution is -2.27. The zero-order valence-corrected chi connectivity index (χ0v) is 24.3. The van der Waals surface area contributed by atoms with Crippen LogP contribution in [0.5, 0.6) is 0 Å². The molecule has 0 amide bonds. The lowest BCUT2D eigenvalue weighted by Gasteiger charge is -2.23. The molecule has 0 saturated carbocycles. The summed E-state index contributed by atoms with van der Waals surface area (Å²) in [7, 11) is 0. The van der Waals surface area contributed by atoms with Gasteiger partial charge in [-0.15, -0.1) is 23.2 Å². The van der Waals surface area contributed by atoms with Gasteiger partial charge in [0.05, 0.1) is 6.61 Å². The van der Waals surface area contributed by atoms with E-state index in [2.05, 4.69) is 65.6 Å². The maximum absolute atomic E-state index is 10.4. The van der Waals surface area contributed by atoms with Crippen molar-refractivity contribution >= 4 is 77.9 Å². The minimum atomic E-state index is -0.743. The van der Waals surface area contributed by atoms with Gasteiger partial charge in [-0.25, -0.2) is 0 Å². The van der Waals surface area contributed by atoms with Crippen LogP contribution in [-0.4, -0.2) is 41.0 Å². The van der Waals surface area contributed by atoms with Crippen molar-refractivity contribution in [3.05, 3.63) is 102 Å². The van der Waals surface area contributed by atoms with E-state index in [0.29, 0.717) is 18.2 Å². The average Bonchev–Trinajstić information content (AvgIpc) is 3.00. The molecule has 6 aromatic carbocycles. The van der Waals surface area contributed by atoms with E-state index in [1.165, 1.54) is 37.7 Å². The normalized spacial score (nSPS) is 11.3. The fourth-order valence-corrected chi connectivity index (χ4v) is 6.14. The monoisotopic (exact) mass is 585 g/mol. The zero-order chi connectivity index (χ0) is 28.8. The molecule has 2 N–H and O–H groups in total. The Morgan fingerprint density at radius 3 is 1.83 bits per heavy atom. The third-order valence-corrected chi connectivity index (χ3v) is 7.99. The SMILES string of the molecule is O=C(O)CCCc1ccc(N(CCCl)CCCl)cc1.OCc1ccc2c3cccc4cccc(c5cccc1c52)c43. The van der Waals surface area contributed by atoms with Gasteiger partial charge in [-0.3, -0.25) is 4.79 Å². The van der Waals surface area contributed by atoms with Crippen molar-refractivity contribution in [2.24, 2.45) is 0 Å². The Kier molecular flexibility index (Phi) is 9.45. The molecule has 0 aliphatic rings. The molecule has 0 fully saturated rings. The van der Waals surface area contributed by atoms with Crippen molar-refractivity contribution < 1.29 is 15.0 Å². The van der Waals surface area contributed by atoms with Gasteiger partial charge >= 0.3 is 5.97 Å². The average molecular weight is 587 g/mol. The van der Waals surface area contributed by atoms with Crippen molar-refractivity contribution in [2.75, 3.05) is 29.7 Å². The zero-order valence-electron chi connectivity index (χ0n) is 22.8. The lowest BCUT2D eigenvalue weighted by molar-refractivity contribution is -0.137. The molecule has 0 heterocycles. The highest BCUT2D eigenvalue weighted by atomic mass is 35.5. The van der Waals surface area contributed by atoms with Crippen LogP contribution in [0.3, 0.4) is 0 Å². The molecule has 6 rings (SSSR count). The second kappa shape index (κ2) is 13.4. The number of nitrogens with zero attached hydrogens (tertiary/aromatic N) is 1. The summed E-state index contributed by atoms with van der Waals surface area (Å²) in [6.07, 6.45) is 1.67. The van der Waals surface area contributed by atoms with E-state index >= 15 is 0 Å². The smallest absolute Gasteiger partial charge is 0.303 e. The summed E-state index contributed by atoms with van der Waals surface area (Å²) in [6.45, 7) is 1.62. The summed E-state index contributed by atoms with van der Waals surface area (Å²) in [5.41, 5.74) is 3.25. The third kappa shape index (κ3) is 6.20. The molecule has 0 aliphatic heterocycles. The molecule has 0 radical (unpaired) electrons. The largest absolute Gasteiger partial charge is 0.481 e. The molecular weight excluding hydrogens is 553 g/mol. The molecule has 0 spiro atoms. The predicted molar refractivity (Wildman–Crippen MR) is 174 cm³/mol. The summed E-state index contributed by atoms with van der Waals surface area (Å²) >= 11 is 11.5. The van der Waals surface area contributed by atoms with Gasteiger partial charge in [0.25, 0.3) is 0 Å². The van der Waals surface area contributed by atoms with E-state index in [-0.39, 0.29) is 13.0 Å². The summed E-state index contributed by atoms with van der Waals surface area (Å²) in [5, 5.41) is 28.4. The molecule has 0 unspecified atom stereocenters. The van der Waals surface area contributed by atoms with Crippen LogP contribution in [-0.2, 0) is 17.8 Å². The number of aliphatic hydroxyl groups excluding tert-OH is 1. The van der Waals surface area contributed by atoms with Crippen LogP contribution in [0.4, 0.5) is 5.69 Å². The Balaban J connectivity index is 0.000000167. The molecule has 4 nitrogen and oxygen atoms in total. The first kappa shape index (κ1) is 28.9. The molecule has 6 heteroatoms. The van der Waals surface area contributed by atoms with Gasteiger partial charge in [-0.1, -0.05) is 78.9 Å². The molecule has 6 aromatic rings. The first-order chi connectivity index (χ1) is 20.0. The predicted octanol–water partition coefficient (Wildman–Crippen LogP) is 8.61. The van der Waals surface area contributed by atoms with Crippen molar-refractivity contribution in [1.82, 2.24) is 0 Å². The van der Waals surface area contributed by atoms with Gasteiger partial charge in [-0.2, -0.15) is 0 Å². The maximum atomic E-state index is 10.4. The minimum Gasteiger partial charge on any atom is -0.481 e. The number of fused-ring (bicyclic) bond motifs is 2. The molecule has 0 aromatic heterocycles. The van der Waals surface area contributed by atoms with Gasteiger partial charge in [0.2, 0.25) is 0 Å². The summed E-state index contributed by atoms with van der Waals surface area (Å²) in [6, 6.07) is 31.8. The highest BCUT2D eigenvalue weighted by Crippen LogP contribution is 2.40. The Bertz CT molecular complexity index is 1710. The number of aryl methyl sites for hydroxylation is 1. The van der Waals surface area contributed by atoms with Crippen LogP contribution in [0.25, 0.3) is 43.1 Å². The van der Waals surface area contributed by atoms with E-state index in [9.17, 15) is 9.90 Å². The number of halogens is 2. The Labute approximate surface area is 250 Å². The highest BCUT2D eigenvalue weighted by molar-refractivity contribution is 6.33. The number of rotatable bonds is 10. The molecular formula is C35H33Cl2NO3. The summed E-state index contributed by atoms with van der Waals surface area (Å²) in [4.78, 5) is 12.6. The third-order valence-electron chi connectivity index (χ3n) is 7.65. The Morgan fingerprint density at radius 2 is 1.24 bits per heavy atom. The van der Waals surface area contributed by atoms with Crippen LogP contribution < -0.4 is 4.90 Å². The fraction of sp³-hybridized carbons (Fsp3) is 0.229. The molecule has 0 bridgehead atoms. The first-order valence-corrected chi connectivity index (χ1v) is 15.0. The summed E-state index contributed by atoms with van der Waals surface area (Å²) in [5.74, 6) is 0.390. The highest BCUT2D eigenvalue weighted by Gasteiger charge is 2.13. The lowest BCUT2D eigenvalue weighted by atomic mass is 9.88. The number of alkyl halides is 2. The van der Waals surface area contributed by atoms with Crippen LogP contribution in [0, 0.1) is 0 Å². The summed E-state index contributed by atoms with van der Waals surface area (Å²) < 4.78 is 0. The van der Waals surface area contributed by atoms with E-state index in [1.54, 1.807) is 0 Å². The van der Waals surface area contributed by atoms with Gasteiger partial charge in [0, 0.05) is 37.0 Å². The number of aliphatic carboxylic acids is 1. The topological polar surface area (TPSA) is 60.8 Å². The second-order valence-electron chi connectivity index (χ2n) is 10.1. The van der Waals surface area contributed by atoms with Crippen LogP contribution in [0.15, 0.2) is 91.0 Å². The van der Waals surface area contributed by atoms with Crippen LogP contribution >= 0.6 is 23.2 Å². The first-order valence-electron chi connectivity index (χ1n) is 13.9. The Morgan fingerprint density at radius 1 is 0.683 bits per heavy atom. The minimum absolute atomic E-state index is 0.0755. The second-order valence-corrected chi connectivity index (χ2v) is 10.9. The number of carboxylic acid groups (broad SMARTS) is 1. The number of hydrogen-bond acceptors (Lipinski definition) is 3. The van der Waals surface area contributed by atoms with Crippen molar-refractivity contribution in [1.29, 1.82) is 0 Å². The number of carboxylic acids is 1. The molecule has 0 atom stereocenters. The van der Waals surface area contributed by atoms with Crippen molar-refractivity contribution in [2.45, 2.75) is 25.9 Å². The van der Waals surface area contributed by atoms with Gasteiger partial charge in [0.15, 0.2) is 0 Å². The van der Waals surface area contributed by atoms with Gasteiger partial charge in [0.1, 0.15) is 0 Å². The van der Waals surface area contributed by atoms with E-state index in [4.69, 9.17) is 28.3 Å². The van der Waals surface area contributed by atoms with Crippen LogP contribution in [0.2, 0.25) is 0 Å². The Hall–Kier alpha value is -3.57. The maximum Gasteiger partial charge on any atom is 0.303 e. The number of aliphatic hydroxyl groups is 1. The number of benzene rings is 6. The fourth-order valence-electron chi connectivity index (χ4n) is 5.73. The van der Waals surface area contributed by atoms with Crippen molar-refractivity contribution in [3.63, 3.8) is 0 Å². The molecule has 210 valence electrons. The van der Waals surface area contributed by atoms with Crippen LogP contribution in [0.1, 0.15) is 24.0 Å². The van der Waals surface area contributed by atoms with E-state index < -0.39 is 5.97 Å².